The Morgan fingerprint density at radius 2 is 0.719 bits per heavy atom. The van der Waals surface area contributed by atoms with E-state index in [9.17, 15) is 0 Å². The summed E-state index contributed by atoms with van der Waals surface area (Å²) in [6.45, 7) is 17.3. The van der Waals surface area contributed by atoms with Gasteiger partial charge in [-0.1, -0.05) is 88.4 Å². The molecular formula is C32H36. The van der Waals surface area contributed by atoms with Gasteiger partial charge in [-0.05, 0) is 83.4 Å². The van der Waals surface area contributed by atoms with Crippen LogP contribution in [-0.4, -0.2) is 0 Å². The van der Waals surface area contributed by atoms with Gasteiger partial charge in [-0.25, -0.2) is 0 Å². The second kappa shape index (κ2) is 6.95. The molecule has 1 saturated carbocycles. The Labute approximate surface area is 194 Å². The van der Waals surface area contributed by atoms with Gasteiger partial charge in [0.05, 0.1) is 0 Å². The maximum atomic E-state index is 2.62. The lowest BCUT2D eigenvalue weighted by Gasteiger charge is -2.72. The Morgan fingerprint density at radius 3 is 0.969 bits per heavy atom. The van der Waals surface area contributed by atoms with Crippen LogP contribution < -0.4 is 0 Å². The van der Waals surface area contributed by atoms with Crippen LogP contribution >= 0.6 is 0 Å². The summed E-state index contributed by atoms with van der Waals surface area (Å²) in [7, 11) is 0. The first-order chi connectivity index (χ1) is 15.5. The maximum Gasteiger partial charge on any atom is 0.0234 e. The molecule has 0 atom stereocenters. The predicted molar refractivity (Wildman–Crippen MR) is 141 cm³/mol. The SMILES string of the molecule is CC.CC.CC1=CC23C=C(C)c4cccc5c4C2C2(C=C(C)c4cccc1c4C32)C=C5C. The van der Waals surface area contributed by atoms with Crippen molar-refractivity contribution in [1.82, 2.24) is 0 Å². The van der Waals surface area contributed by atoms with E-state index in [1.54, 1.807) is 11.1 Å². The molecule has 5 aliphatic rings. The molecule has 0 heterocycles. The average Bonchev–Trinajstić information content (AvgIpc) is 2.79. The molecular weight excluding hydrogens is 384 g/mol. The van der Waals surface area contributed by atoms with Gasteiger partial charge in [-0.3, -0.25) is 0 Å². The molecule has 0 N–H and O–H groups in total. The van der Waals surface area contributed by atoms with Crippen molar-refractivity contribution in [2.45, 2.75) is 67.2 Å². The zero-order valence-corrected chi connectivity index (χ0v) is 20.9. The minimum Gasteiger partial charge on any atom is -0.0697 e. The fraction of sp³-hybridized carbons (Fsp3) is 0.375. The highest BCUT2D eigenvalue weighted by atomic mass is 14.7. The van der Waals surface area contributed by atoms with Gasteiger partial charge in [0.1, 0.15) is 0 Å². The quantitative estimate of drug-likeness (QED) is 0.398. The molecule has 0 aliphatic heterocycles. The lowest BCUT2D eigenvalue weighted by atomic mass is 9.30. The van der Waals surface area contributed by atoms with Gasteiger partial charge < -0.3 is 0 Å². The Hall–Kier alpha value is -2.60. The molecule has 0 amide bonds. The highest BCUT2D eigenvalue weighted by Gasteiger charge is 2.72. The van der Waals surface area contributed by atoms with E-state index in [4.69, 9.17) is 0 Å². The van der Waals surface area contributed by atoms with Crippen LogP contribution in [0.1, 0.15) is 101 Å². The van der Waals surface area contributed by atoms with Crippen LogP contribution in [0, 0.1) is 10.8 Å². The second-order valence-electron chi connectivity index (χ2n) is 9.71. The van der Waals surface area contributed by atoms with Gasteiger partial charge in [-0.15, -0.1) is 0 Å². The van der Waals surface area contributed by atoms with Crippen LogP contribution in [0.2, 0.25) is 0 Å². The molecule has 1 fully saturated rings. The fourth-order valence-corrected chi connectivity index (χ4v) is 7.79. The molecule has 2 spiro atoms. The Bertz CT molecular complexity index is 1070. The van der Waals surface area contributed by atoms with Gasteiger partial charge in [0, 0.05) is 22.7 Å². The molecule has 0 nitrogen and oxygen atoms in total. The topological polar surface area (TPSA) is 0 Å². The summed E-state index contributed by atoms with van der Waals surface area (Å²) in [4.78, 5) is 0. The molecule has 7 rings (SSSR count). The first-order valence-corrected chi connectivity index (χ1v) is 12.5. The van der Waals surface area contributed by atoms with Crippen molar-refractivity contribution in [2.75, 3.05) is 0 Å². The molecule has 0 aromatic heterocycles. The minimum absolute atomic E-state index is 0.120. The van der Waals surface area contributed by atoms with Crippen molar-refractivity contribution >= 4 is 22.3 Å². The van der Waals surface area contributed by atoms with Crippen LogP contribution in [0.15, 0.2) is 60.7 Å². The van der Waals surface area contributed by atoms with Crippen LogP contribution in [0.3, 0.4) is 0 Å². The summed E-state index contributed by atoms with van der Waals surface area (Å²) in [6.07, 6.45) is 10.5. The van der Waals surface area contributed by atoms with Crippen LogP contribution in [0.4, 0.5) is 0 Å². The predicted octanol–water partition coefficient (Wildman–Crippen LogP) is 9.26. The largest absolute Gasteiger partial charge is 0.0697 e. The summed E-state index contributed by atoms with van der Waals surface area (Å²) in [5.41, 5.74) is 15.1. The van der Waals surface area contributed by atoms with Crippen LogP contribution in [0.25, 0.3) is 22.3 Å². The highest BCUT2D eigenvalue weighted by Crippen LogP contribution is 2.82. The summed E-state index contributed by atoms with van der Waals surface area (Å²) in [5.74, 6) is 1.05. The molecule has 32 heavy (non-hydrogen) atoms. The van der Waals surface area contributed by atoms with Gasteiger partial charge in [0.25, 0.3) is 0 Å². The van der Waals surface area contributed by atoms with Crippen LogP contribution in [-0.2, 0) is 0 Å². The van der Waals surface area contributed by atoms with Gasteiger partial charge >= 0.3 is 0 Å². The molecule has 164 valence electrons. The normalized spacial score (nSPS) is 30.9. The highest BCUT2D eigenvalue weighted by molar-refractivity contribution is 5.91. The maximum absolute atomic E-state index is 2.62. The van der Waals surface area contributed by atoms with E-state index >= 15 is 0 Å². The molecule has 2 aromatic carbocycles. The first-order valence-electron chi connectivity index (χ1n) is 12.5. The Balaban J connectivity index is 0.000000514. The van der Waals surface area contributed by atoms with Gasteiger partial charge in [0.15, 0.2) is 0 Å². The monoisotopic (exact) mass is 420 g/mol. The number of benzene rings is 2. The molecule has 0 heteroatoms. The third-order valence-electron chi connectivity index (χ3n) is 8.35. The first kappa shape index (κ1) is 21.3. The number of hydrogen-bond donors (Lipinski definition) is 0. The molecule has 2 aromatic rings. The van der Waals surface area contributed by atoms with Crippen molar-refractivity contribution in [3.8, 4) is 0 Å². The van der Waals surface area contributed by atoms with Gasteiger partial charge in [0.2, 0.25) is 0 Å². The smallest absolute Gasteiger partial charge is 0.0234 e. The summed E-state index contributed by atoms with van der Waals surface area (Å²) in [5, 5.41) is 0. The lowest BCUT2D eigenvalue weighted by molar-refractivity contribution is 0.0254. The van der Waals surface area contributed by atoms with Crippen LogP contribution in [0.5, 0.6) is 0 Å². The zero-order valence-electron chi connectivity index (χ0n) is 20.9. The number of allylic oxidation sites excluding steroid dienone is 8. The Morgan fingerprint density at radius 1 is 0.469 bits per heavy atom. The molecule has 0 unspecified atom stereocenters. The zero-order chi connectivity index (χ0) is 23.0. The molecule has 5 aliphatic carbocycles. The summed E-state index contributed by atoms with van der Waals surface area (Å²) >= 11 is 0. The molecule has 0 saturated heterocycles. The second-order valence-corrected chi connectivity index (χ2v) is 9.71. The minimum atomic E-state index is 0.120. The van der Waals surface area contributed by atoms with Crippen molar-refractivity contribution in [2.24, 2.45) is 10.8 Å². The summed E-state index contributed by atoms with van der Waals surface area (Å²) in [6, 6.07) is 13.9. The summed E-state index contributed by atoms with van der Waals surface area (Å²) < 4.78 is 0. The van der Waals surface area contributed by atoms with Crippen molar-refractivity contribution in [3.63, 3.8) is 0 Å². The van der Waals surface area contributed by atoms with Crippen molar-refractivity contribution < 1.29 is 0 Å². The van der Waals surface area contributed by atoms with E-state index in [1.165, 1.54) is 44.5 Å². The standard InChI is InChI=1S/C28H24.2C2H6/c1-15-11-27-12-16(2)21-9-6-10-22-18(4)14-28(26(27)24(21)22)13-17(3)20-8-5-7-19(15)23(20)25(27)28;2*1-2/h5-14,25-26H,1-4H3;2*1-2H3. The lowest BCUT2D eigenvalue weighted by Crippen LogP contribution is -2.62. The Kier molecular flexibility index (Phi) is 4.61. The van der Waals surface area contributed by atoms with E-state index in [2.05, 4.69) is 88.4 Å². The van der Waals surface area contributed by atoms with Crippen molar-refractivity contribution in [3.05, 3.63) is 94.1 Å². The third kappa shape index (κ3) is 2.19. The van der Waals surface area contributed by atoms with Crippen molar-refractivity contribution in [1.29, 1.82) is 0 Å². The number of rotatable bonds is 0. The molecule has 0 radical (unpaired) electrons. The van der Waals surface area contributed by atoms with E-state index in [-0.39, 0.29) is 10.8 Å². The number of hydrogen-bond acceptors (Lipinski definition) is 0. The van der Waals surface area contributed by atoms with E-state index in [0.717, 1.165) is 0 Å². The van der Waals surface area contributed by atoms with E-state index in [0.29, 0.717) is 11.8 Å². The average molecular weight is 421 g/mol. The van der Waals surface area contributed by atoms with Gasteiger partial charge in [-0.2, -0.15) is 0 Å². The van der Waals surface area contributed by atoms with E-state index < -0.39 is 0 Å². The molecule has 0 bridgehead atoms. The third-order valence-corrected chi connectivity index (χ3v) is 8.35. The van der Waals surface area contributed by atoms with E-state index in [1.807, 2.05) is 27.7 Å². The fourth-order valence-electron chi connectivity index (χ4n) is 7.79.